The Morgan fingerprint density at radius 2 is 2.09 bits per heavy atom. The third-order valence-electron chi connectivity index (χ3n) is 3.78. The second-order valence-electron chi connectivity index (χ2n) is 5.57. The van der Waals surface area contributed by atoms with Crippen LogP contribution in [0.25, 0.3) is 11.5 Å². The van der Waals surface area contributed by atoms with Gasteiger partial charge < -0.3 is 15.5 Å². The molecule has 1 unspecified atom stereocenters. The molecular formula is C16H19Cl2N3O2. The highest BCUT2D eigenvalue weighted by atomic mass is 35.5. The molecule has 1 fully saturated rings. The van der Waals surface area contributed by atoms with Crippen LogP contribution < -0.4 is 11.1 Å². The molecule has 0 aliphatic heterocycles. The van der Waals surface area contributed by atoms with Gasteiger partial charge in [0, 0.05) is 23.2 Å². The Kier molecular flexibility index (Phi) is 6.04. The van der Waals surface area contributed by atoms with Gasteiger partial charge in [0.1, 0.15) is 6.26 Å². The third kappa shape index (κ3) is 4.70. The van der Waals surface area contributed by atoms with Crippen LogP contribution in [0.3, 0.4) is 0 Å². The molecule has 1 aliphatic rings. The SMILES string of the molecule is Cl.NCC(NC(=O)Cc1coc(-c2ccc(Cl)cc2)n1)C1CC1. The van der Waals surface area contributed by atoms with E-state index in [-0.39, 0.29) is 30.8 Å². The highest BCUT2D eigenvalue weighted by Crippen LogP contribution is 2.32. The van der Waals surface area contributed by atoms with Crippen molar-refractivity contribution in [3.05, 3.63) is 41.2 Å². The maximum Gasteiger partial charge on any atom is 0.226 e. The van der Waals surface area contributed by atoms with E-state index >= 15 is 0 Å². The van der Waals surface area contributed by atoms with E-state index in [1.807, 2.05) is 12.1 Å². The van der Waals surface area contributed by atoms with Crippen molar-refractivity contribution in [3.8, 4) is 11.5 Å². The van der Waals surface area contributed by atoms with Gasteiger partial charge in [-0.25, -0.2) is 4.98 Å². The Morgan fingerprint density at radius 1 is 1.39 bits per heavy atom. The molecule has 2 aromatic rings. The van der Waals surface area contributed by atoms with Gasteiger partial charge in [-0.1, -0.05) is 11.6 Å². The van der Waals surface area contributed by atoms with Crippen LogP contribution in [0.15, 0.2) is 34.9 Å². The lowest BCUT2D eigenvalue weighted by atomic mass is 10.2. The highest BCUT2D eigenvalue weighted by Gasteiger charge is 2.31. The molecule has 124 valence electrons. The number of rotatable bonds is 6. The van der Waals surface area contributed by atoms with Gasteiger partial charge in [-0.15, -0.1) is 12.4 Å². The molecule has 1 aliphatic carbocycles. The van der Waals surface area contributed by atoms with E-state index in [0.717, 1.165) is 18.4 Å². The molecule has 1 heterocycles. The number of aromatic nitrogens is 1. The lowest BCUT2D eigenvalue weighted by molar-refractivity contribution is -0.121. The molecule has 1 atom stereocenters. The monoisotopic (exact) mass is 355 g/mol. The molecule has 0 radical (unpaired) electrons. The number of carbonyl (C=O) groups excluding carboxylic acids is 1. The van der Waals surface area contributed by atoms with Gasteiger partial charge in [0.05, 0.1) is 12.1 Å². The van der Waals surface area contributed by atoms with Gasteiger partial charge in [0.25, 0.3) is 0 Å². The van der Waals surface area contributed by atoms with Gasteiger partial charge in [0.15, 0.2) is 0 Å². The number of amides is 1. The van der Waals surface area contributed by atoms with Crippen molar-refractivity contribution in [2.75, 3.05) is 6.54 Å². The van der Waals surface area contributed by atoms with Gasteiger partial charge in [-0.05, 0) is 43.0 Å². The highest BCUT2D eigenvalue weighted by molar-refractivity contribution is 6.30. The zero-order chi connectivity index (χ0) is 15.5. The van der Waals surface area contributed by atoms with E-state index in [0.29, 0.717) is 29.1 Å². The summed E-state index contributed by atoms with van der Waals surface area (Å²) in [6.45, 7) is 0.477. The summed E-state index contributed by atoms with van der Waals surface area (Å²) in [4.78, 5) is 16.4. The predicted molar refractivity (Wildman–Crippen MR) is 91.6 cm³/mol. The van der Waals surface area contributed by atoms with Gasteiger partial charge >= 0.3 is 0 Å². The van der Waals surface area contributed by atoms with Crippen molar-refractivity contribution in [1.29, 1.82) is 0 Å². The molecule has 1 saturated carbocycles. The molecule has 7 heteroatoms. The first-order valence-corrected chi connectivity index (χ1v) is 7.73. The van der Waals surface area contributed by atoms with Gasteiger partial charge in [-0.3, -0.25) is 4.79 Å². The average Bonchev–Trinajstić information content (AvgIpc) is 3.25. The Morgan fingerprint density at radius 3 is 2.70 bits per heavy atom. The second-order valence-corrected chi connectivity index (χ2v) is 6.01. The standard InChI is InChI=1S/C16H18ClN3O2.ClH/c17-12-5-3-11(4-6-12)16-19-13(9-22-16)7-15(21)20-14(8-18)10-1-2-10;/h3-6,9-10,14H,1-2,7-8,18H2,(H,20,21);1H. The fourth-order valence-corrected chi connectivity index (χ4v) is 2.53. The summed E-state index contributed by atoms with van der Waals surface area (Å²) < 4.78 is 5.42. The molecular weight excluding hydrogens is 337 g/mol. The number of nitrogens with two attached hydrogens (primary N) is 1. The summed E-state index contributed by atoms with van der Waals surface area (Å²) in [5.41, 5.74) is 7.12. The van der Waals surface area contributed by atoms with Crippen LogP contribution in [0.4, 0.5) is 0 Å². The molecule has 1 amide bonds. The van der Waals surface area contributed by atoms with E-state index in [1.165, 1.54) is 6.26 Å². The lowest BCUT2D eigenvalue weighted by Crippen LogP contribution is -2.42. The quantitative estimate of drug-likeness (QED) is 0.834. The Labute approximate surface area is 146 Å². The van der Waals surface area contributed by atoms with Crippen molar-refractivity contribution >= 4 is 29.9 Å². The summed E-state index contributed by atoms with van der Waals surface area (Å²) >= 11 is 5.85. The first-order valence-electron chi connectivity index (χ1n) is 7.35. The van der Waals surface area contributed by atoms with Crippen LogP contribution in [0.1, 0.15) is 18.5 Å². The number of nitrogens with zero attached hydrogens (tertiary/aromatic N) is 1. The molecule has 5 nitrogen and oxygen atoms in total. The molecule has 3 rings (SSSR count). The number of hydrogen-bond acceptors (Lipinski definition) is 4. The number of benzene rings is 1. The smallest absolute Gasteiger partial charge is 0.226 e. The summed E-state index contributed by atoms with van der Waals surface area (Å²) in [6.07, 6.45) is 4.00. The first kappa shape index (κ1) is 17.8. The van der Waals surface area contributed by atoms with E-state index in [1.54, 1.807) is 12.1 Å². The van der Waals surface area contributed by atoms with Crippen molar-refractivity contribution in [2.45, 2.75) is 25.3 Å². The summed E-state index contributed by atoms with van der Waals surface area (Å²) in [5, 5.41) is 3.63. The average molecular weight is 356 g/mol. The summed E-state index contributed by atoms with van der Waals surface area (Å²) in [5.74, 6) is 0.950. The third-order valence-corrected chi connectivity index (χ3v) is 4.03. The molecule has 0 saturated heterocycles. The van der Waals surface area contributed by atoms with Crippen LogP contribution in [-0.4, -0.2) is 23.5 Å². The van der Waals surface area contributed by atoms with Gasteiger partial charge in [0.2, 0.25) is 11.8 Å². The van der Waals surface area contributed by atoms with E-state index in [2.05, 4.69) is 10.3 Å². The van der Waals surface area contributed by atoms with E-state index in [9.17, 15) is 4.79 Å². The number of halogens is 2. The molecule has 0 spiro atoms. The largest absolute Gasteiger partial charge is 0.444 e. The number of hydrogen-bond donors (Lipinski definition) is 2. The lowest BCUT2D eigenvalue weighted by Gasteiger charge is -2.15. The number of oxazole rings is 1. The summed E-state index contributed by atoms with van der Waals surface area (Å²) in [7, 11) is 0. The molecule has 3 N–H and O–H groups in total. The Hall–Kier alpha value is -1.56. The molecule has 1 aromatic heterocycles. The topological polar surface area (TPSA) is 81.1 Å². The minimum atomic E-state index is -0.0710. The van der Waals surface area contributed by atoms with Crippen molar-refractivity contribution < 1.29 is 9.21 Å². The molecule has 0 bridgehead atoms. The fraction of sp³-hybridized carbons (Fsp3) is 0.375. The van der Waals surface area contributed by atoms with Crippen molar-refractivity contribution in [3.63, 3.8) is 0 Å². The number of nitrogens with one attached hydrogen (secondary N) is 1. The van der Waals surface area contributed by atoms with Crippen molar-refractivity contribution in [1.82, 2.24) is 10.3 Å². The maximum atomic E-state index is 12.0. The zero-order valence-electron chi connectivity index (χ0n) is 12.5. The molecule has 23 heavy (non-hydrogen) atoms. The second kappa shape index (κ2) is 7.81. The Balaban J connectivity index is 0.00000192. The van der Waals surface area contributed by atoms with E-state index in [4.69, 9.17) is 21.8 Å². The van der Waals surface area contributed by atoms with E-state index < -0.39 is 0 Å². The minimum absolute atomic E-state index is 0. The zero-order valence-corrected chi connectivity index (χ0v) is 14.1. The predicted octanol–water partition coefficient (Wildman–Crippen LogP) is 2.81. The minimum Gasteiger partial charge on any atom is -0.444 e. The molecule has 1 aromatic carbocycles. The van der Waals surface area contributed by atoms with Crippen LogP contribution in [0.5, 0.6) is 0 Å². The normalized spacial score (nSPS) is 14.9. The van der Waals surface area contributed by atoms with Crippen LogP contribution >= 0.6 is 24.0 Å². The summed E-state index contributed by atoms with van der Waals surface area (Å²) in [6, 6.07) is 7.28. The van der Waals surface area contributed by atoms with Gasteiger partial charge in [-0.2, -0.15) is 0 Å². The first-order chi connectivity index (χ1) is 10.7. The Bertz CT molecular complexity index is 654. The van der Waals surface area contributed by atoms with Crippen LogP contribution in [0.2, 0.25) is 5.02 Å². The fourth-order valence-electron chi connectivity index (χ4n) is 2.40. The van der Waals surface area contributed by atoms with Crippen molar-refractivity contribution in [2.24, 2.45) is 11.7 Å². The number of carbonyl (C=O) groups is 1. The van der Waals surface area contributed by atoms with Crippen LogP contribution in [0, 0.1) is 5.92 Å². The van der Waals surface area contributed by atoms with Crippen LogP contribution in [-0.2, 0) is 11.2 Å². The maximum absolute atomic E-state index is 12.0.